The molecule has 0 heterocycles. The largest absolute Gasteiger partial charge is 0.481 e. The van der Waals surface area contributed by atoms with Gasteiger partial charge in [0, 0.05) is 11.1 Å². The summed E-state index contributed by atoms with van der Waals surface area (Å²) >= 11 is 5.96. The van der Waals surface area contributed by atoms with Crippen molar-refractivity contribution in [3.05, 3.63) is 34.1 Å². The Kier molecular flexibility index (Phi) is 4.26. The van der Waals surface area contributed by atoms with Gasteiger partial charge in [0.05, 0.1) is 6.42 Å². The molecule has 0 aliphatic heterocycles. The van der Waals surface area contributed by atoms with Crippen LogP contribution in [0.15, 0.2) is 12.1 Å². The number of carboxylic acid groups (broad SMARTS) is 1. The highest BCUT2D eigenvalue weighted by atomic mass is 35.5. The third-order valence-electron chi connectivity index (χ3n) is 2.38. The predicted molar refractivity (Wildman–Crippen MR) is 60.2 cm³/mol. The molecule has 0 amide bonds. The fourth-order valence-corrected chi connectivity index (χ4v) is 1.82. The maximum absolute atomic E-state index is 13.4. The number of carboxylic acids is 1. The van der Waals surface area contributed by atoms with Gasteiger partial charge in [0.15, 0.2) is 0 Å². The van der Waals surface area contributed by atoms with E-state index in [1.807, 2.05) is 0 Å². The van der Waals surface area contributed by atoms with E-state index in [1.165, 1.54) is 12.1 Å². The second-order valence-corrected chi connectivity index (χ2v) is 3.97. The molecule has 0 saturated carbocycles. The summed E-state index contributed by atoms with van der Waals surface area (Å²) in [5, 5.41) is 11.9. The third kappa shape index (κ3) is 2.93. The van der Waals surface area contributed by atoms with Gasteiger partial charge in [0.2, 0.25) is 0 Å². The number of hydrogen-bond acceptors (Lipinski definition) is 2. The van der Waals surface area contributed by atoms with Crippen LogP contribution in [-0.4, -0.2) is 18.1 Å². The summed E-state index contributed by atoms with van der Waals surface area (Å²) in [6.07, 6.45) is -0.140. The zero-order chi connectivity index (χ0) is 12.3. The molecule has 1 aromatic carbocycles. The van der Waals surface area contributed by atoms with Crippen LogP contribution in [-0.2, 0) is 4.79 Å². The molecule has 0 radical (unpaired) electrons. The summed E-state index contributed by atoms with van der Waals surface area (Å²) in [6, 6.07) is 2.29. The van der Waals surface area contributed by atoms with Crippen molar-refractivity contribution < 1.29 is 14.3 Å². The number of halogens is 2. The van der Waals surface area contributed by atoms with E-state index in [2.05, 4.69) is 5.32 Å². The summed E-state index contributed by atoms with van der Waals surface area (Å²) in [4.78, 5) is 10.6. The normalized spacial score (nSPS) is 12.5. The van der Waals surface area contributed by atoms with Crippen LogP contribution in [0.4, 0.5) is 4.39 Å². The van der Waals surface area contributed by atoms with Crippen molar-refractivity contribution in [3.63, 3.8) is 0 Å². The first-order chi connectivity index (χ1) is 7.45. The first-order valence-corrected chi connectivity index (χ1v) is 5.18. The molecule has 0 aromatic heterocycles. The van der Waals surface area contributed by atoms with Gasteiger partial charge in [-0.2, -0.15) is 0 Å². The lowest BCUT2D eigenvalue weighted by atomic mass is 10.0. The van der Waals surface area contributed by atoms with E-state index in [9.17, 15) is 9.18 Å². The van der Waals surface area contributed by atoms with Gasteiger partial charge < -0.3 is 10.4 Å². The number of hydrogen-bond donors (Lipinski definition) is 2. The standard InChI is InChI=1S/C11H13ClFNO2/c1-6-3-8(12)7(4-9(6)13)10(14-2)5-11(15)16/h3-4,10,14H,5H2,1-2H3,(H,15,16). The number of aryl methyl sites for hydroxylation is 1. The SMILES string of the molecule is CNC(CC(=O)O)c1cc(F)c(C)cc1Cl. The minimum atomic E-state index is -0.962. The van der Waals surface area contributed by atoms with E-state index in [0.29, 0.717) is 16.1 Å². The summed E-state index contributed by atoms with van der Waals surface area (Å²) in [7, 11) is 1.61. The van der Waals surface area contributed by atoms with Crippen LogP contribution in [0.1, 0.15) is 23.6 Å². The highest BCUT2D eigenvalue weighted by molar-refractivity contribution is 6.31. The number of rotatable bonds is 4. The third-order valence-corrected chi connectivity index (χ3v) is 2.71. The lowest BCUT2D eigenvalue weighted by molar-refractivity contribution is -0.137. The topological polar surface area (TPSA) is 49.3 Å². The summed E-state index contributed by atoms with van der Waals surface area (Å²) < 4.78 is 13.4. The van der Waals surface area contributed by atoms with Gasteiger partial charge in [-0.3, -0.25) is 4.79 Å². The Balaban J connectivity index is 3.09. The van der Waals surface area contributed by atoms with Crippen LogP contribution in [0.5, 0.6) is 0 Å². The number of nitrogens with one attached hydrogen (secondary N) is 1. The average Bonchev–Trinajstić information content (AvgIpc) is 2.20. The Hall–Kier alpha value is -1.13. The van der Waals surface area contributed by atoms with E-state index in [0.717, 1.165) is 0 Å². The van der Waals surface area contributed by atoms with Crippen LogP contribution in [0, 0.1) is 12.7 Å². The van der Waals surface area contributed by atoms with Gasteiger partial charge >= 0.3 is 5.97 Å². The van der Waals surface area contributed by atoms with Crippen LogP contribution < -0.4 is 5.32 Å². The van der Waals surface area contributed by atoms with Crippen molar-refractivity contribution in [3.8, 4) is 0 Å². The molecule has 0 fully saturated rings. The Bertz CT molecular complexity index is 409. The lowest BCUT2D eigenvalue weighted by Gasteiger charge is -2.16. The summed E-state index contributed by atoms with van der Waals surface area (Å²) in [6.45, 7) is 1.61. The molecule has 1 unspecified atom stereocenters. The highest BCUT2D eigenvalue weighted by Gasteiger charge is 2.17. The molecule has 5 heteroatoms. The van der Waals surface area contributed by atoms with Gasteiger partial charge in [-0.05, 0) is 37.2 Å². The van der Waals surface area contributed by atoms with E-state index < -0.39 is 12.0 Å². The highest BCUT2D eigenvalue weighted by Crippen LogP contribution is 2.27. The molecule has 0 bridgehead atoms. The number of aliphatic carboxylic acids is 1. The quantitative estimate of drug-likeness (QED) is 0.857. The molecular weight excluding hydrogens is 233 g/mol. The Morgan fingerprint density at radius 2 is 2.25 bits per heavy atom. The number of carbonyl (C=O) groups is 1. The molecule has 0 saturated heterocycles. The van der Waals surface area contributed by atoms with E-state index >= 15 is 0 Å². The summed E-state index contributed by atoms with van der Waals surface area (Å²) in [5.74, 6) is -1.35. The minimum Gasteiger partial charge on any atom is -0.481 e. The molecule has 1 aromatic rings. The molecule has 3 nitrogen and oxygen atoms in total. The van der Waals surface area contributed by atoms with Crippen LogP contribution in [0.2, 0.25) is 5.02 Å². The van der Waals surface area contributed by atoms with Crippen molar-refractivity contribution in [1.29, 1.82) is 0 Å². The zero-order valence-electron chi connectivity index (χ0n) is 9.05. The maximum Gasteiger partial charge on any atom is 0.305 e. The van der Waals surface area contributed by atoms with Gasteiger partial charge in [-0.15, -0.1) is 0 Å². The second-order valence-electron chi connectivity index (χ2n) is 3.56. The first-order valence-electron chi connectivity index (χ1n) is 4.80. The summed E-state index contributed by atoms with van der Waals surface area (Å²) in [5.41, 5.74) is 0.911. The number of benzene rings is 1. The minimum absolute atomic E-state index is 0.140. The molecule has 1 atom stereocenters. The smallest absolute Gasteiger partial charge is 0.305 e. The zero-order valence-corrected chi connectivity index (χ0v) is 9.81. The molecule has 1 rings (SSSR count). The molecule has 16 heavy (non-hydrogen) atoms. The monoisotopic (exact) mass is 245 g/mol. The van der Waals surface area contributed by atoms with Crippen molar-refractivity contribution >= 4 is 17.6 Å². The van der Waals surface area contributed by atoms with Gasteiger partial charge in [0.25, 0.3) is 0 Å². The van der Waals surface area contributed by atoms with Crippen molar-refractivity contribution in [2.24, 2.45) is 0 Å². The molecule has 0 aliphatic rings. The lowest BCUT2D eigenvalue weighted by Crippen LogP contribution is -2.20. The molecule has 2 N–H and O–H groups in total. The fraction of sp³-hybridized carbons (Fsp3) is 0.364. The Morgan fingerprint density at radius 1 is 1.62 bits per heavy atom. The Labute approximate surface area is 98.2 Å². The maximum atomic E-state index is 13.4. The molecule has 88 valence electrons. The van der Waals surface area contributed by atoms with E-state index in [1.54, 1.807) is 14.0 Å². The average molecular weight is 246 g/mol. The Morgan fingerprint density at radius 3 is 2.75 bits per heavy atom. The van der Waals surface area contributed by atoms with Gasteiger partial charge in [-0.25, -0.2) is 4.39 Å². The van der Waals surface area contributed by atoms with E-state index in [4.69, 9.17) is 16.7 Å². The van der Waals surface area contributed by atoms with Gasteiger partial charge in [-0.1, -0.05) is 11.6 Å². The van der Waals surface area contributed by atoms with Gasteiger partial charge in [0.1, 0.15) is 5.82 Å². The van der Waals surface area contributed by atoms with E-state index in [-0.39, 0.29) is 12.2 Å². The van der Waals surface area contributed by atoms with Crippen LogP contribution in [0.25, 0.3) is 0 Å². The van der Waals surface area contributed by atoms with Crippen LogP contribution in [0.3, 0.4) is 0 Å². The van der Waals surface area contributed by atoms with Crippen LogP contribution >= 0.6 is 11.6 Å². The fourth-order valence-electron chi connectivity index (χ4n) is 1.47. The molecule has 0 spiro atoms. The molecule has 0 aliphatic carbocycles. The second kappa shape index (κ2) is 5.27. The predicted octanol–water partition coefficient (Wildman–Crippen LogP) is 2.52. The van der Waals surface area contributed by atoms with Crippen molar-refractivity contribution in [2.45, 2.75) is 19.4 Å². The van der Waals surface area contributed by atoms with Crippen molar-refractivity contribution in [2.75, 3.05) is 7.05 Å². The molecular formula is C11H13ClFNO2. The van der Waals surface area contributed by atoms with Crippen molar-refractivity contribution in [1.82, 2.24) is 5.32 Å². The first kappa shape index (κ1) is 12.9.